The van der Waals surface area contributed by atoms with Crippen molar-refractivity contribution in [3.8, 4) is 57.1 Å². The van der Waals surface area contributed by atoms with Crippen molar-refractivity contribution in [2.75, 3.05) is 20.7 Å². The van der Waals surface area contributed by atoms with Crippen LogP contribution in [0.3, 0.4) is 0 Å². The summed E-state index contributed by atoms with van der Waals surface area (Å²) in [6, 6.07) is 9.66. The number of phenols is 3. The summed E-state index contributed by atoms with van der Waals surface area (Å²) in [4.78, 5) is 123. The molecule has 0 aromatic heterocycles. The molecule has 8 aliphatic rings. The fourth-order valence-electron chi connectivity index (χ4n) is 16.2. The molecular weight excluding hydrogens is 1640 g/mol. The number of primary amides is 1. The second-order valence-electron chi connectivity index (χ2n) is 33.2. The number of likely N-dealkylation sites (N-methyl/N-ethyl adjacent to an activating group) is 2. The first-order valence-corrected chi connectivity index (χ1v) is 41.3. The summed E-state index contributed by atoms with van der Waals surface area (Å²) in [6.45, 7) is 10.8. The van der Waals surface area contributed by atoms with E-state index in [1.54, 1.807) is 0 Å². The Labute approximate surface area is 719 Å². The summed E-state index contributed by atoms with van der Waals surface area (Å²) < 4.78 is 52.4. The minimum Gasteiger partial charge on any atom is -0.507 e. The molecule has 24 N–H and O–H groups in total. The van der Waals surface area contributed by atoms with Crippen molar-refractivity contribution in [3.05, 3.63) is 153 Å². The third-order valence-electron chi connectivity index (χ3n) is 23.1. The number of hydrogen-bond donors (Lipinski definition) is 21. The lowest BCUT2D eigenvalue weighted by Gasteiger charge is -2.47. The summed E-state index contributed by atoms with van der Waals surface area (Å²) in [5, 5.41) is 131. The Balaban J connectivity index is 1.10. The van der Waals surface area contributed by atoms with Crippen LogP contribution in [0.1, 0.15) is 162 Å². The zero-order valence-electron chi connectivity index (χ0n) is 69.7. The minimum atomic E-state index is -2.35. The van der Waals surface area contributed by atoms with Crippen LogP contribution in [0.4, 0.5) is 0 Å². The van der Waals surface area contributed by atoms with Crippen molar-refractivity contribution in [1.29, 1.82) is 0 Å². The number of fused-ring (bicyclic) bond motifs is 15. The Kier molecular flexibility index (Phi) is 29.2. The number of benzene rings is 6. The molecule has 8 aliphatic heterocycles. The quantitative estimate of drug-likeness (QED) is 0.0462. The SMILES string of the molecule is CCCCc1ccc(CNCc2c(O)cc3c(c2O)-c2cc(ccc2O)[C@H]2NC(=O)[C@@H]4NC(=O)[C@H](CC(N)=O)NC(=O)[C@H](NC(=O)[C@@H](CC(C)C)NC)[C@H](O)c5ccc(c(Cl)c5)Oc5cc4cc(c5OC4O[C@H](CO)[C@@H](O)[C@H](O)[C@H]4O[C@H]4C[C@](C)(N)[C@@H](O)[C@H](C)O4)Oc4ccc(cc4)[C@@H](O[C@H]4C[C@](C)(N)[C@@H](O)[C@H](C)O4)[C@H](NC2=O)C(=O)N[C@@H]3C(=O)NC)cc1. The number of aliphatic hydroxyl groups excluding tert-OH is 6. The number of ether oxygens (including phenoxy) is 8. The van der Waals surface area contributed by atoms with Crippen molar-refractivity contribution in [2.24, 2.45) is 23.1 Å². The van der Waals surface area contributed by atoms with Gasteiger partial charge in [0, 0.05) is 55.2 Å². The summed E-state index contributed by atoms with van der Waals surface area (Å²) in [5.74, 6) is -14.1. The van der Waals surface area contributed by atoms with E-state index >= 15 is 24.0 Å². The van der Waals surface area contributed by atoms with Gasteiger partial charge in [-0.15, -0.1) is 0 Å². The number of carbonyl (C=O) groups excluding carboxylic acids is 8. The number of unbranched alkanes of at least 4 members (excludes halogenated alkanes) is 1. The van der Waals surface area contributed by atoms with Crippen molar-refractivity contribution in [2.45, 2.75) is 240 Å². The number of aromatic hydroxyl groups is 3. The predicted molar refractivity (Wildman–Crippen MR) is 443 cm³/mol. The van der Waals surface area contributed by atoms with E-state index in [1.807, 2.05) is 38.1 Å². The van der Waals surface area contributed by atoms with Crippen LogP contribution >= 0.6 is 11.6 Å². The normalized spacial score (nSPS) is 29.9. The first-order valence-electron chi connectivity index (χ1n) is 41.0. The molecule has 38 heteroatoms. The lowest BCUT2D eigenvalue weighted by Crippen LogP contribution is -2.64. The van der Waals surface area contributed by atoms with E-state index in [9.17, 15) is 60.3 Å². The Morgan fingerprint density at radius 3 is 1.89 bits per heavy atom. The molecule has 37 nitrogen and oxygen atoms in total. The first kappa shape index (κ1) is 92.7. The molecule has 124 heavy (non-hydrogen) atoms. The molecule has 6 aromatic rings. The highest BCUT2D eigenvalue weighted by molar-refractivity contribution is 6.32. The molecule has 11 bridgehead atoms. The van der Waals surface area contributed by atoms with Crippen LogP contribution in [0, 0.1) is 5.92 Å². The van der Waals surface area contributed by atoms with Gasteiger partial charge in [0.1, 0.15) is 95.5 Å². The van der Waals surface area contributed by atoms with Gasteiger partial charge >= 0.3 is 0 Å². The van der Waals surface area contributed by atoms with Gasteiger partial charge < -0.3 is 149 Å². The zero-order chi connectivity index (χ0) is 89.8. The number of aryl methyl sites for hydroxylation is 1. The highest BCUT2D eigenvalue weighted by Crippen LogP contribution is 2.51. The topological polar surface area (TPSA) is 579 Å². The van der Waals surface area contributed by atoms with Gasteiger partial charge in [-0.3, -0.25) is 38.4 Å². The third kappa shape index (κ3) is 20.6. The molecule has 1 unspecified atom stereocenters. The summed E-state index contributed by atoms with van der Waals surface area (Å²) >= 11 is 7.21. The van der Waals surface area contributed by atoms with Crippen LogP contribution in [-0.4, -0.2) is 217 Å². The lowest BCUT2D eigenvalue weighted by molar-refractivity contribution is -0.333. The van der Waals surface area contributed by atoms with Crippen molar-refractivity contribution >= 4 is 58.9 Å². The molecule has 3 fully saturated rings. The van der Waals surface area contributed by atoms with Gasteiger partial charge in [-0.2, -0.15) is 0 Å². The van der Waals surface area contributed by atoms with E-state index in [2.05, 4.69) is 54.8 Å². The van der Waals surface area contributed by atoms with Gasteiger partial charge in [0.05, 0.1) is 54.1 Å². The van der Waals surface area contributed by atoms with Crippen LogP contribution in [-0.2, 0) is 81.6 Å². The molecule has 6 aromatic carbocycles. The largest absolute Gasteiger partial charge is 0.507 e. The molecule has 3 saturated heterocycles. The van der Waals surface area contributed by atoms with Gasteiger partial charge in [0.15, 0.2) is 30.2 Å². The van der Waals surface area contributed by atoms with Gasteiger partial charge in [-0.1, -0.05) is 87.3 Å². The molecule has 8 amide bonds. The highest BCUT2D eigenvalue weighted by Gasteiger charge is 2.53. The van der Waals surface area contributed by atoms with E-state index in [0.29, 0.717) is 0 Å². The molecule has 670 valence electrons. The number of phenolic OH excluding ortho intramolecular Hbond substituents is 3. The second-order valence-corrected chi connectivity index (χ2v) is 33.6. The summed E-state index contributed by atoms with van der Waals surface area (Å²) in [5.41, 5.74) is 16.1. The monoisotopic (exact) mass is 1740 g/mol. The van der Waals surface area contributed by atoms with Gasteiger partial charge in [-0.25, -0.2) is 0 Å². The van der Waals surface area contributed by atoms with E-state index in [0.717, 1.165) is 66.8 Å². The number of aliphatic hydroxyl groups is 6. The molecule has 22 atom stereocenters. The number of nitrogens with one attached hydrogen (secondary N) is 9. The Morgan fingerprint density at radius 2 is 1.27 bits per heavy atom. The van der Waals surface area contributed by atoms with Crippen LogP contribution in [0.15, 0.2) is 103 Å². The Bertz CT molecular complexity index is 4930. The maximum absolute atomic E-state index is 16.7. The number of nitrogens with two attached hydrogens (primary N) is 3. The van der Waals surface area contributed by atoms with Crippen molar-refractivity contribution in [3.63, 3.8) is 0 Å². The maximum atomic E-state index is 16.7. The number of hydrogen-bond acceptors (Lipinski definition) is 29. The van der Waals surface area contributed by atoms with Crippen molar-refractivity contribution < 1.29 is 122 Å². The summed E-state index contributed by atoms with van der Waals surface area (Å²) in [6.07, 6.45) is -19.5. The van der Waals surface area contributed by atoms with E-state index in [4.69, 9.17) is 66.7 Å². The van der Waals surface area contributed by atoms with Crippen LogP contribution in [0.25, 0.3) is 11.1 Å². The van der Waals surface area contributed by atoms with Crippen LogP contribution in [0.5, 0.6) is 46.0 Å². The number of carbonyl (C=O) groups is 8. The summed E-state index contributed by atoms with van der Waals surface area (Å²) in [7, 11) is 2.72. The maximum Gasteiger partial charge on any atom is 0.248 e. The first-order chi connectivity index (χ1) is 58.8. The average Bonchev–Trinajstić information content (AvgIpc) is 0.755. The van der Waals surface area contributed by atoms with Gasteiger partial charge in [0.2, 0.25) is 59.3 Å². The molecule has 14 rings (SSSR count). The van der Waals surface area contributed by atoms with Crippen molar-refractivity contribution in [1.82, 2.24) is 47.9 Å². The van der Waals surface area contributed by atoms with Crippen LogP contribution in [0.2, 0.25) is 5.02 Å². The fraction of sp³-hybridized carbons (Fsp3) is 0.488. The second kappa shape index (κ2) is 39.0. The number of amides is 8. The number of rotatable bonds is 22. The molecule has 0 saturated carbocycles. The molecule has 0 spiro atoms. The van der Waals surface area contributed by atoms with E-state index < -0.39 is 239 Å². The van der Waals surface area contributed by atoms with Crippen LogP contribution < -0.4 is 79.3 Å². The van der Waals surface area contributed by atoms with Gasteiger partial charge in [-0.05, 0) is 153 Å². The standard InChI is InChI=1S/C86H109ClN12O25/c1-10-11-12-40-13-15-41(16-14-40)34-93-35-49-54(102)30-48-62(69(49)105)47-26-43(19-23-53(47)101)63-80(113)99-67(83(116)97-65(48)79(112)92-9)72(122-60-32-85(6,89)75(108)38(4)117-60)42-17-21-46(22-18-42)119-56-28-45-29-57(73(56)124-84-74(71(107)70(106)58(36-100)121-84)123-61-33-86(7,90)76(109)39(5)118-61)120-55-24-20-44(27-50(55)87)68(104)66(98-77(110)51(91-8)25-37(2)3)82(115)94-52(31-59(88)103)78(111)95-64(45)81(114)96-63/h13-24,26-30,37-39,51-52,58,60-61,63-68,70-72,74-76,84,91,93,100-102,104-109H,10-12,25,31-36,89-90H2,1-9H3,(H2,88,103)(H,92,112)(H,94,115)(H,95,111)(H,96,114)(H,97,116)(H,98,110)(H,99,113)/t38-,39-,51+,52-,58+,60-,61-,63+,64+,65-,66+,67-,68+,70+,71-,72+,74+,75-,76-,84?,85-,86-/m0/s1. The fourth-order valence-corrected chi connectivity index (χ4v) is 16.4. The molecule has 0 aliphatic carbocycles. The predicted octanol–water partition coefficient (Wildman–Crippen LogP) is 1.98. The molecule has 8 heterocycles. The molecule has 0 radical (unpaired) electrons. The minimum absolute atomic E-state index is 0.00358. The Hall–Kier alpha value is -10.4. The molecular formula is C86H109ClN12O25. The average molecular weight is 1750 g/mol. The lowest BCUT2D eigenvalue weighted by atomic mass is 9.86. The number of halogens is 1. The van der Waals surface area contributed by atoms with Gasteiger partial charge in [0.25, 0.3) is 0 Å². The zero-order valence-corrected chi connectivity index (χ0v) is 70.4. The van der Waals surface area contributed by atoms with E-state index in [1.165, 1.54) is 84.3 Å². The highest BCUT2D eigenvalue weighted by atomic mass is 35.5. The smallest absolute Gasteiger partial charge is 0.248 e. The third-order valence-corrected chi connectivity index (χ3v) is 23.4. The Morgan fingerprint density at radius 1 is 0.661 bits per heavy atom. The van der Waals surface area contributed by atoms with E-state index in [-0.39, 0.29) is 88.2 Å².